The SMILES string of the molecule is COC=O.Cc1cc(Cl)cc(Cl)c1C1=C(O)C2(CCC3(CCCO3)CC2)NC1=O. The maximum absolute atomic E-state index is 12.7. The van der Waals surface area contributed by atoms with E-state index < -0.39 is 5.54 Å². The summed E-state index contributed by atoms with van der Waals surface area (Å²) in [5.74, 6) is -0.161. The third-order valence-electron chi connectivity index (χ3n) is 6.07. The van der Waals surface area contributed by atoms with Crippen molar-refractivity contribution in [2.75, 3.05) is 13.7 Å². The number of hydrogen-bond donors (Lipinski definition) is 2. The first kappa shape index (κ1) is 21.9. The van der Waals surface area contributed by atoms with Gasteiger partial charge in [0.05, 0.1) is 28.8 Å². The highest BCUT2D eigenvalue weighted by Crippen LogP contribution is 2.49. The molecule has 29 heavy (non-hydrogen) atoms. The lowest BCUT2D eigenvalue weighted by Crippen LogP contribution is -2.51. The lowest BCUT2D eigenvalue weighted by molar-refractivity contribution is -0.126. The molecule has 6 nitrogen and oxygen atoms in total. The number of carbonyl (C=O) groups is 2. The Hall–Kier alpha value is -1.76. The van der Waals surface area contributed by atoms with E-state index >= 15 is 0 Å². The number of nitrogens with one attached hydrogen (secondary N) is 1. The summed E-state index contributed by atoms with van der Waals surface area (Å²) in [4.78, 5) is 21.7. The van der Waals surface area contributed by atoms with Crippen LogP contribution in [0.4, 0.5) is 0 Å². The van der Waals surface area contributed by atoms with Crippen LogP contribution in [0.15, 0.2) is 17.9 Å². The van der Waals surface area contributed by atoms with Crippen molar-refractivity contribution in [3.63, 3.8) is 0 Å². The maximum Gasteiger partial charge on any atom is 0.292 e. The molecule has 1 saturated carbocycles. The lowest BCUT2D eigenvalue weighted by Gasteiger charge is -2.42. The number of amides is 1. The van der Waals surface area contributed by atoms with Gasteiger partial charge in [0.2, 0.25) is 0 Å². The summed E-state index contributed by atoms with van der Waals surface area (Å²) < 4.78 is 9.82. The van der Waals surface area contributed by atoms with Gasteiger partial charge < -0.3 is 19.9 Å². The minimum absolute atomic E-state index is 0.0627. The molecule has 8 heteroatoms. The molecule has 158 valence electrons. The molecule has 1 saturated heterocycles. The van der Waals surface area contributed by atoms with Gasteiger partial charge in [-0.1, -0.05) is 23.2 Å². The number of methoxy groups -OCH3 is 1. The summed E-state index contributed by atoms with van der Waals surface area (Å²) in [5, 5.41) is 14.9. The van der Waals surface area contributed by atoms with E-state index in [1.54, 1.807) is 12.1 Å². The Morgan fingerprint density at radius 1 is 1.21 bits per heavy atom. The molecule has 1 aromatic carbocycles. The molecule has 1 aromatic rings. The molecule has 0 radical (unpaired) electrons. The first-order valence-corrected chi connectivity index (χ1v) is 10.4. The predicted molar refractivity (Wildman–Crippen MR) is 111 cm³/mol. The van der Waals surface area contributed by atoms with Crippen molar-refractivity contribution in [1.82, 2.24) is 5.32 Å². The molecular weight excluding hydrogens is 417 g/mol. The van der Waals surface area contributed by atoms with Crippen LogP contribution < -0.4 is 5.32 Å². The van der Waals surface area contributed by atoms with Crippen molar-refractivity contribution in [3.8, 4) is 0 Å². The average molecular weight is 442 g/mol. The summed E-state index contributed by atoms with van der Waals surface area (Å²) in [6.45, 7) is 3.03. The molecule has 2 spiro atoms. The second-order valence-corrected chi connectivity index (χ2v) is 8.65. The van der Waals surface area contributed by atoms with E-state index in [0.29, 0.717) is 34.9 Å². The zero-order valence-electron chi connectivity index (χ0n) is 16.5. The molecular formula is C21H25Cl2NO5. The highest BCUT2D eigenvalue weighted by atomic mass is 35.5. The Morgan fingerprint density at radius 3 is 2.38 bits per heavy atom. The van der Waals surface area contributed by atoms with Gasteiger partial charge in [0.1, 0.15) is 5.76 Å². The van der Waals surface area contributed by atoms with Crippen LogP contribution in [0.2, 0.25) is 10.0 Å². The zero-order chi connectivity index (χ0) is 21.2. The van der Waals surface area contributed by atoms with Crippen LogP contribution in [-0.4, -0.2) is 42.3 Å². The number of carbonyl (C=O) groups excluding carboxylic acids is 2. The van der Waals surface area contributed by atoms with Gasteiger partial charge in [0.25, 0.3) is 12.4 Å². The largest absolute Gasteiger partial charge is 0.509 e. The summed E-state index contributed by atoms with van der Waals surface area (Å²) in [7, 11) is 1.31. The average Bonchev–Trinajstić information content (AvgIpc) is 3.23. The number of aryl methyl sites for hydroxylation is 1. The van der Waals surface area contributed by atoms with Crippen LogP contribution in [0.3, 0.4) is 0 Å². The second kappa shape index (κ2) is 8.54. The number of aliphatic hydroxyl groups excluding tert-OH is 1. The maximum atomic E-state index is 12.7. The Kier molecular flexibility index (Phi) is 6.46. The van der Waals surface area contributed by atoms with Gasteiger partial charge in [0.15, 0.2) is 0 Å². The van der Waals surface area contributed by atoms with Gasteiger partial charge in [-0.05, 0) is 63.1 Å². The van der Waals surface area contributed by atoms with Crippen LogP contribution in [-0.2, 0) is 19.1 Å². The van der Waals surface area contributed by atoms with Gasteiger partial charge in [-0.3, -0.25) is 9.59 Å². The quantitative estimate of drug-likeness (QED) is 0.666. The standard InChI is InChI=1S/C19H21Cl2NO3.C2H4O2/c1-11-9-12(20)10-13(21)14(11)15-16(23)19(22-17(15)24)6-4-18(5-7-19)3-2-8-25-18;1-4-2-3/h9-10,23H,2-8H2,1H3,(H,22,24);2H,1H3. The fourth-order valence-electron chi connectivity index (χ4n) is 4.58. The number of aliphatic hydroxyl groups is 1. The Morgan fingerprint density at radius 2 is 1.86 bits per heavy atom. The topological polar surface area (TPSA) is 84.9 Å². The van der Waals surface area contributed by atoms with E-state index in [2.05, 4.69) is 10.1 Å². The Bertz CT molecular complexity index is 812. The Balaban J connectivity index is 0.000000552. The lowest BCUT2D eigenvalue weighted by atomic mass is 9.72. The van der Waals surface area contributed by atoms with Crippen LogP contribution >= 0.6 is 23.2 Å². The number of hydrogen-bond acceptors (Lipinski definition) is 5. The van der Waals surface area contributed by atoms with E-state index in [0.717, 1.165) is 37.9 Å². The fourth-order valence-corrected chi connectivity index (χ4v) is 5.27. The summed E-state index contributed by atoms with van der Waals surface area (Å²) in [6, 6.07) is 3.36. The molecule has 0 bridgehead atoms. The van der Waals surface area contributed by atoms with Crippen LogP contribution in [0, 0.1) is 6.92 Å². The predicted octanol–water partition coefficient (Wildman–Crippen LogP) is 4.35. The highest BCUT2D eigenvalue weighted by molar-refractivity contribution is 6.38. The van der Waals surface area contributed by atoms with Crippen molar-refractivity contribution in [3.05, 3.63) is 39.1 Å². The molecule has 2 fully saturated rings. The molecule has 1 aliphatic carbocycles. The molecule has 2 N–H and O–H groups in total. The van der Waals surface area contributed by atoms with Crippen molar-refractivity contribution in [2.45, 2.75) is 56.6 Å². The molecule has 0 unspecified atom stereocenters. The van der Waals surface area contributed by atoms with E-state index in [1.807, 2.05) is 6.92 Å². The third-order valence-corrected chi connectivity index (χ3v) is 6.58. The van der Waals surface area contributed by atoms with Crippen LogP contribution in [0.25, 0.3) is 5.57 Å². The van der Waals surface area contributed by atoms with Crippen molar-refractivity contribution >= 4 is 41.2 Å². The van der Waals surface area contributed by atoms with E-state index in [9.17, 15) is 9.90 Å². The smallest absolute Gasteiger partial charge is 0.292 e. The number of ether oxygens (including phenoxy) is 2. The summed E-state index contributed by atoms with van der Waals surface area (Å²) >= 11 is 12.4. The molecule has 3 aliphatic rings. The highest BCUT2D eigenvalue weighted by Gasteiger charge is 2.52. The number of rotatable bonds is 2. The zero-order valence-corrected chi connectivity index (χ0v) is 18.0. The number of halogens is 2. The van der Waals surface area contributed by atoms with E-state index in [1.165, 1.54) is 7.11 Å². The van der Waals surface area contributed by atoms with Gasteiger partial charge in [-0.2, -0.15) is 0 Å². The van der Waals surface area contributed by atoms with E-state index in [4.69, 9.17) is 32.7 Å². The summed E-state index contributed by atoms with van der Waals surface area (Å²) in [6.07, 6.45) is 5.20. The van der Waals surface area contributed by atoms with E-state index in [-0.39, 0.29) is 22.8 Å². The fraction of sp³-hybridized carbons (Fsp3) is 0.524. The van der Waals surface area contributed by atoms with Crippen molar-refractivity contribution < 1.29 is 24.2 Å². The van der Waals surface area contributed by atoms with Gasteiger partial charge in [-0.15, -0.1) is 0 Å². The Labute approximate surface area is 180 Å². The normalized spacial score (nSPS) is 28.3. The minimum Gasteiger partial charge on any atom is -0.509 e. The van der Waals surface area contributed by atoms with Crippen LogP contribution in [0.5, 0.6) is 0 Å². The molecule has 2 aliphatic heterocycles. The monoisotopic (exact) mass is 441 g/mol. The van der Waals surface area contributed by atoms with Gasteiger partial charge >= 0.3 is 0 Å². The van der Waals surface area contributed by atoms with Crippen LogP contribution in [0.1, 0.15) is 49.7 Å². The van der Waals surface area contributed by atoms with Gasteiger partial charge in [-0.25, -0.2) is 0 Å². The van der Waals surface area contributed by atoms with Gasteiger partial charge in [0, 0.05) is 17.2 Å². The first-order chi connectivity index (χ1) is 13.8. The molecule has 0 aromatic heterocycles. The minimum atomic E-state index is -0.695. The molecule has 0 atom stereocenters. The molecule has 1 amide bonds. The van der Waals surface area contributed by atoms with Crippen molar-refractivity contribution in [1.29, 1.82) is 0 Å². The molecule has 4 rings (SSSR count). The molecule has 2 heterocycles. The number of benzene rings is 1. The van der Waals surface area contributed by atoms with Crippen molar-refractivity contribution in [2.24, 2.45) is 0 Å². The third kappa shape index (κ3) is 4.11. The summed E-state index contributed by atoms with van der Waals surface area (Å²) in [5.41, 5.74) is 0.863. The first-order valence-electron chi connectivity index (χ1n) is 9.60. The second-order valence-electron chi connectivity index (χ2n) is 7.81.